The molecule has 0 aliphatic carbocycles. The minimum Gasteiger partial charge on any atom is -0.309 e. The van der Waals surface area contributed by atoms with Gasteiger partial charge in [0.15, 0.2) is 40.6 Å². The van der Waals surface area contributed by atoms with Crippen LogP contribution in [0, 0.1) is 17.9 Å². The number of fused-ring (bicyclic) bond motifs is 6. The maximum Gasteiger partial charge on any atom is 0.187 e. The van der Waals surface area contributed by atoms with Gasteiger partial charge in [0, 0.05) is 54.9 Å². The largest absolute Gasteiger partial charge is 0.309 e. The Labute approximate surface area is 553 Å². The summed E-state index contributed by atoms with van der Waals surface area (Å²) in [5, 5.41) is 14.2. The minimum atomic E-state index is 0.518. The summed E-state index contributed by atoms with van der Waals surface area (Å²) in [7, 11) is 0. The molecule has 17 rings (SSSR count). The van der Waals surface area contributed by atoms with E-state index in [2.05, 4.69) is 178 Å². The number of nitrogens with zero attached hydrogens (tertiary/aromatic N) is 10. The minimum absolute atomic E-state index is 0.518. The van der Waals surface area contributed by atoms with E-state index in [0.29, 0.717) is 46.2 Å². The van der Waals surface area contributed by atoms with Gasteiger partial charge in [0.25, 0.3) is 0 Å². The average Bonchev–Trinajstić information content (AvgIpc) is 1.65. The van der Waals surface area contributed by atoms with Crippen LogP contribution in [0.4, 0.5) is 5.69 Å². The fraction of sp³-hybridized carbons (Fsp3) is 0. The van der Waals surface area contributed by atoms with Crippen molar-refractivity contribution in [2.75, 3.05) is 0 Å². The van der Waals surface area contributed by atoms with Crippen LogP contribution in [-0.4, -0.2) is 39.0 Å². The van der Waals surface area contributed by atoms with Crippen molar-refractivity contribution in [2.24, 2.45) is 0 Å². The Morgan fingerprint density at radius 3 is 1.01 bits per heavy atom. The molecule has 0 spiro atoms. The summed E-state index contributed by atoms with van der Waals surface area (Å²) < 4.78 is 4.65. The number of hydrogen-bond acceptors (Lipinski definition) is 7. The quantitative estimate of drug-likeness (QED) is 0.112. The molecular weight excluding hydrogens is 1170 g/mol. The second-order valence-electron chi connectivity index (χ2n) is 23.6. The van der Waals surface area contributed by atoms with E-state index in [1.54, 1.807) is 0 Å². The molecule has 4 heterocycles. The van der Waals surface area contributed by atoms with Crippen molar-refractivity contribution in [3.05, 3.63) is 332 Å². The van der Waals surface area contributed by atoms with Crippen molar-refractivity contribution in [3.63, 3.8) is 0 Å². The second kappa shape index (κ2) is 23.9. The number of hydrogen-bond donors (Lipinski definition) is 0. The van der Waals surface area contributed by atoms with Crippen molar-refractivity contribution in [2.45, 2.75) is 0 Å². The van der Waals surface area contributed by atoms with Crippen molar-refractivity contribution in [3.8, 4) is 130 Å². The molecule has 446 valence electrons. The molecule has 0 N–H and O–H groups in total. The molecule has 0 atom stereocenters. The summed E-state index contributed by atoms with van der Waals surface area (Å²) in [6.45, 7) is 7.77. The van der Waals surface area contributed by atoms with Crippen LogP contribution in [0.5, 0.6) is 0 Å². The van der Waals surface area contributed by atoms with Crippen molar-refractivity contribution in [1.82, 2.24) is 39.0 Å². The van der Waals surface area contributed by atoms with E-state index >= 15 is 0 Å². The monoisotopic (exact) mass is 1220 g/mol. The fourth-order valence-electron chi connectivity index (χ4n) is 13.3. The summed E-state index contributed by atoms with van der Waals surface area (Å²) in [6, 6.07) is 110. The molecule has 0 aliphatic heterocycles. The summed E-state index contributed by atoms with van der Waals surface area (Å²) in [6.07, 6.45) is 0. The molecule has 0 unspecified atom stereocenters. The van der Waals surface area contributed by atoms with Gasteiger partial charge in [-0.05, 0) is 129 Å². The van der Waals surface area contributed by atoms with Gasteiger partial charge in [0.05, 0.1) is 51.6 Å². The Hall–Kier alpha value is -13.5. The topological polar surface area (TPSA) is 115 Å². The summed E-state index contributed by atoms with van der Waals surface area (Å²) in [5.74, 6) is 3.27. The molecule has 0 aliphatic rings. The molecule has 0 amide bonds. The highest BCUT2D eigenvalue weighted by atomic mass is 15.1. The first-order chi connectivity index (χ1) is 47.5. The van der Waals surface area contributed by atoms with Crippen LogP contribution in [0.2, 0.25) is 0 Å². The van der Waals surface area contributed by atoms with Gasteiger partial charge in [-0.25, -0.2) is 34.7 Å². The van der Waals surface area contributed by atoms with E-state index in [0.717, 1.165) is 133 Å². The van der Waals surface area contributed by atoms with Gasteiger partial charge in [0.1, 0.15) is 0 Å². The highest BCUT2D eigenvalue weighted by Crippen LogP contribution is 2.43. The first kappa shape index (κ1) is 56.4. The third-order valence-electron chi connectivity index (χ3n) is 17.9. The summed E-state index contributed by atoms with van der Waals surface area (Å²) in [4.78, 5) is 35.6. The van der Waals surface area contributed by atoms with E-state index in [4.69, 9.17) is 36.5 Å². The predicted molar refractivity (Wildman–Crippen MR) is 387 cm³/mol. The van der Waals surface area contributed by atoms with Gasteiger partial charge < -0.3 is 9.13 Å². The van der Waals surface area contributed by atoms with E-state index < -0.39 is 0 Å². The summed E-state index contributed by atoms with van der Waals surface area (Å²) >= 11 is 0. The van der Waals surface area contributed by atoms with Crippen molar-refractivity contribution in [1.29, 1.82) is 5.26 Å². The lowest BCUT2D eigenvalue weighted by atomic mass is 9.95. The van der Waals surface area contributed by atoms with Crippen molar-refractivity contribution < 1.29 is 0 Å². The Morgan fingerprint density at radius 1 is 0.260 bits per heavy atom. The van der Waals surface area contributed by atoms with Crippen LogP contribution in [-0.2, 0) is 0 Å². The third kappa shape index (κ3) is 10.3. The molecule has 96 heavy (non-hydrogen) atoms. The van der Waals surface area contributed by atoms with Gasteiger partial charge >= 0.3 is 0 Å². The zero-order valence-corrected chi connectivity index (χ0v) is 51.5. The third-order valence-corrected chi connectivity index (χ3v) is 17.9. The predicted octanol–water partition coefficient (Wildman–Crippen LogP) is 21.3. The molecule has 0 saturated heterocycles. The lowest BCUT2D eigenvalue weighted by molar-refractivity contribution is 1.06. The highest BCUT2D eigenvalue weighted by molar-refractivity contribution is 6.12. The molecule has 13 aromatic carbocycles. The standard InChI is InChI=1S/C86H52N10/c1-88-68-34-20-33-63(49-68)65-40-44-78-72(51-65)70-36-15-17-38-76(70)96(78)80-46-42-67(53-74(80)86-93-83(58-26-10-4-11-27-58)90-84(94-86)59-28-12-5-13-29-59)62-32-19-31-61(48-62)66-41-45-79(73(52-66)85-91-81(56-22-6-2-7-23-56)89-82(92-85)57-24-8-3-9-25-57)95-75-37-16-14-35-69(75)71-50-64(39-43-77(71)95)60-30-18-21-55(47-60)54-87/h2-53H. The second-order valence-corrected chi connectivity index (χ2v) is 23.6. The normalized spacial score (nSPS) is 11.3. The lowest BCUT2D eigenvalue weighted by Gasteiger charge is -2.17. The number of nitriles is 1. The Morgan fingerprint density at radius 2 is 0.583 bits per heavy atom. The molecule has 17 aromatic rings. The molecule has 0 bridgehead atoms. The maximum atomic E-state index is 9.87. The Kier molecular flexibility index (Phi) is 14.1. The van der Waals surface area contributed by atoms with Crippen LogP contribution in [0.25, 0.3) is 173 Å². The molecule has 10 nitrogen and oxygen atoms in total. The zero-order valence-electron chi connectivity index (χ0n) is 51.5. The first-order valence-corrected chi connectivity index (χ1v) is 31.7. The van der Waals surface area contributed by atoms with E-state index in [-0.39, 0.29) is 0 Å². The molecular formula is C86H52N10. The Bertz CT molecular complexity index is 5500. The van der Waals surface area contributed by atoms with E-state index in [1.807, 2.05) is 158 Å². The molecule has 4 aromatic heterocycles. The smallest absolute Gasteiger partial charge is 0.187 e. The van der Waals surface area contributed by atoms with Gasteiger partial charge in [-0.3, -0.25) is 0 Å². The van der Waals surface area contributed by atoms with Gasteiger partial charge in [-0.1, -0.05) is 231 Å². The van der Waals surface area contributed by atoms with E-state index in [1.165, 1.54) is 0 Å². The number of aromatic nitrogens is 8. The number of rotatable bonds is 12. The molecule has 0 radical (unpaired) electrons. The van der Waals surface area contributed by atoms with Crippen LogP contribution < -0.4 is 0 Å². The summed E-state index contributed by atoms with van der Waals surface area (Å²) in [5.41, 5.74) is 20.0. The molecule has 0 saturated carbocycles. The van der Waals surface area contributed by atoms with Crippen LogP contribution in [0.3, 0.4) is 0 Å². The van der Waals surface area contributed by atoms with Crippen LogP contribution >= 0.6 is 0 Å². The lowest BCUT2D eigenvalue weighted by Crippen LogP contribution is -2.04. The van der Waals surface area contributed by atoms with Gasteiger partial charge in [-0.2, -0.15) is 5.26 Å². The number of para-hydroxylation sites is 2. The van der Waals surface area contributed by atoms with E-state index in [9.17, 15) is 5.26 Å². The first-order valence-electron chi connectivity index (χ1n) is 31.7. The van der Waals surface area contributed by atoms with Crippen molar-refractivity contribution >= 4 is 49.3 Å². The molecule has 0 fully saturated rings. The molecule has 10 heteroatoms. The fourth-order valence-corrected chi connectivity index (χ4v) is 13.3. The highest BCUT2D eigenvalue weighted by Gasteiger charge is 2.24. The SMILES string of the molecule is [C-]#[N+]c1cccc(-c2ccc3c(c2)c2ccccc2n3-c2ccc(-c3cccc(-c4ccc(-n5c6ccccc6c6cc(-c7cccc(C#N)c7)ccc65)c(-c5nc(-c6ccccc6)nc(-c6ccccc6)n5)c4)c3)cc2-c2nc(-c3ccccc3)nc(-c3ccccc3)n2)c1. The Balaban J connectivity index is 0.869. The number of benzene rings is 13. The van der Waals surface area contributed by atoms with Gasteiger partial charge in [0.2, 0.25) is 0 Å². The maximum absolute atomic E-state index is 9.87. The zero-order chi connectivity index (χ0) is 64.1. The van der Waals surface area contributed by atoms with Gasteiger partial charge in [-0.15, -0.1) is 0 Å². The van der Waals surface area contributed by atoms with Crippen LogP contribution in [0.1, 0.15) is 5.56 Å². The average molecular weight is 1230 g/mol. The van der Waals surface area contributed by atoms with Crippen LogP contribution in [0.15, 0.2) is 315 Å².